The largest absolute Gasteiger partial charge is 0.454 e. The van der Waals surface area contributed by atoms with Crippen LogP contribution in [0.3, 0.4) is 0 Å². The molecule has 1 fully saturated rings. The topological polar surface area (TPSA) is 127 Å². The number of hydrogen-bond acceptors (Lipinski definition) is 7. The minimum Gasteiger partial charge on any atom is -0.454 e. The van der Waals surface area contributed by atoms with Crippen LogP contribution in [0.4, 0.5) is 5.69 Å². The zero-order valence-corrected chi connectivity index (χ0v) is 15.1. The van der Waals surface area contributed by atoms with Gasteiger partial charge in [0.2, 0.25) is 0 Å². The van der Waals surface area contributed by atoms with Crippen molar-refractivity contribution in [1.29, 1.82) is 0 Å². The Labute approximate surface area is 160 Å². The van der Waals surface area contributed by atoms with Crippen LogP contribution >= 0.6 is 0 Å². The van der Waals surface area contributed by atoms with Crippen LogP contribution in [0.2, 0.25) is 0 Å². The highest BCUT2D eigenvalue weighted by Crippen LogP contribution is 2.30. The number of carbonyl (C=O) groups is 4. The summed E-state index contributed by atoms with van der Waals surface area (Å²) in [6.45, 7) is 0.0375. The lowest BCUT2D eigenvalue weighted by molar-refractivity contribution is -0.385. The van der Waals surface area contributed by atoms with Gasteiger partial charge in [0.05, 0.1) is 10.5 Å². The van der Waals surface area contributed by atoms with Crippen molar-refractivity contribution in [2.75, 3.05) is 26.2 Å². The van der Waals surface area contributed by atoms with Gasteiger partial charge in [0.1, 0.15) is 12.1 Å². The lowest BCUT2D eigenvalue weighted by atomic mass is 10.1. The molecule has 0 aliphatic carbocycles. The molecule has 2 aliphatic rings. The fourth-order valence-corrected chi connectivity index (χ4v) is 3.34. The Bertz CT molecular complexity index is 844. The third kappa shape index (κ3) is 3.85. The average molecular weight is 389 g/mol. The molecule has 0 bridgehead atoms. The first-order valence-corrected chi connectivity index (χ1v) is 8.97. The van der Waals surface area contributed by atoms with Gasteiger partial charge in [-0.1, -0.05) is 18.9 Å². The summed E-state index contributed by atoms with van der Waals surface area (Å²) in [6, 6.07) is 3.70. The molecule has 10 nitrogen and oxygen atoms in total. The number of ether oxygens (including phenoxy) is 1. The monoisotopic (exact) mass is 389 g/mol. The SMILES string of the molecule is O=C(CN1C(=O)c2cccc([N+](=O)[O-])c2C1=O)OCC(=O)N1CCCCCC1. The number of benzene rings is 1. The van der Waals surface area contributed by atoms with Gasteiger partial charge in [0.25, 0.3) is 23.4 Å². The van der Waals surface area contributed by atoms with E-state index in [1.54, 1.807) is 4.90 Å². The van der Waals surface area contributed by atoms with Gasteiger partial charge in [-0.25, -0.2) is 0 Å². The van der Waals surface area contributed by atoms with Crippen LogP contribution in [0.5, 0.6) is 0 Å². The van der Waals surface area contributed by atoms with E-state index >= 15 is 0 Å². The Balaban J connectivity index is 1.61. The highest BCUT2D eigenvalue weighted by atomic mass is 16.6. The Morgan fingerprint density at radius 2 is 1.75 bits per heavy atom. The van der Waals surface area contributed by atoms with Gasteiger partial charge in [-0.05, 0) is 18.9 Å². The molecule has 0 spiro atoms. The number of imide groups is 1. The summed E-state index contributed by atoms with van der Waals surface area (Å²) in [5.74, 6) is -2.99. The fourth-order valence-electron chi connectivity index (χ4n) is 3.34. The van der Waals surface area contributed by atoms with Crippen LogP contribution in [0.1, 0.15) is 46.4 Å². The van der Waals surface area contributed by atoms with Crippen molar-refractivity contribution >= 4 is 29.4 Å². The normalized spacial score (nSPS) is 16.6. The number of amides is 3. The van der Waals surface area contributed by atoms with E-state index in [-0.39, 0.29) is 17.0 Å². The smallest absolute Gasteiger partial charge is 0.326 e. The third-order valence-corrected chi connectivity index (χ3v) is 4.78. The molecule has 148 valence electrons. The maximum Gasteiger partial charge on any atom is 0.326 e. The van der Waals surface area contributed by atoms with Gasteiger partial charge >= 0.3 is 5.97 Å². The number of rotatable bonds is 5. The molecule has 0 unspecified atom stereocenters. The second-order valence-corrected chi connectivity index (χ2v) is 6.61. The molecule has 28 heavy (non-hydrogen) atoms. The van der Waals surface area contributed by atoms with Gasteiger partial charge in [0.15, 0.2) is 6.61 Å². The molecule has 3 amide bonds. The highest BCUT2D eigenvalue weighted by molar-refractivity contribution is 6.24. The maximum atomic E-state index is 12.4. The molecule has 2 heterocycles. The number of carbonyl (C=O) groups excluding carboxylic acids is 4. The summed E-state index contributed by atoms with van der Waals surface area (Å²) >= 11 is 0. The van der Waals surface area contributed by atoms with Crippen LogP contribution in [-0.2, 0) is 14.3 Å². The standard InChI is InChI=1S/C18H19N3O7/c22-14(19-8-3-1-2-4-9-19)11-28-15(23)10-20-17(24)12-6-5-7-13(21(26)27)16(12)18(20)25/h5-7H,1-4,8-11H2. The fraction of sp³-hybridized carbons (Fsp3) is 0.444. The number of nitro benzene ring substituents is 1. The van der Waals surface area contributed by atoms with E-state index in [1.165, 1.54) is 12.1 Å². The Morgan fingerprint density at radius 3 is 2.39 bits per heavy atom. The van der Waals surface area contributed by atoms with E-state index in [9.17, 15) is 29.3 Å². The van der Waals surface area contributed by atoms with Gasteiger partial charge in [-0.3, -0.25) is 34.2 Å². The average Bonchev–Trinajstić information content (AvgIpc) is 2.89. The van der Waals surface area contributed by atoms with Crippen LogP contribution in [0.15, 0.2) is 18.2 Å². The second-order valence-electron chi connectivity index (χ2n) is 6.61. The molecule has 1 aromatic carbocycles. The number of nitro groups is 1. The summed E-state index contributed by atoms with van der Waals surface area (Å²) in [4.78, 5) is 61.5. The van der Waals surface area contributed by atoms with E-state index in [4.69, 9.17) is 4.74 Å². The zero-order chi connectivity index (χ0) is 20.3. The van der Waals surface area contributed by atoms with Crippen molar-refractivity contribution in [3.8, 4) is 0 Å². The Morgan fingerprint density at radius 1 is 1.07 bits per heavy atom. The first-order valence-electron chi connectivity index (χ1n) is 8.97. The summed E-state index contributed by atoms with van der Waals surface area (Å²) in [5, 5.41) is 11.1. The van der Waals surface area contributed by atoms with Gasteiger partial charge in [-0.15, -0.1) is 0 Å². The van der Waals surface area contributed by atoms with E-state index in [0.717, 1.165) is 31.7 Å². The first-order chi connectivity index (χ1) is 13.4. The molecule has 0 aromatic heterocycles. The van der Waals surface area contributed by atoms with Crippen LogP contribution in [0, 0.1) is 10.1 Å². The first kappa shape index (κ1) is 19.5. The molecule has 0 radical (unpaired) electrons. The van der Waals surface area contributed by atoms with Crippen molar-refractivity contribution in [2.45, 2.75) is 25.7 Å². The van der Waals surface area contributed by atoms with Gasteiger partial charge in [0, 0.05) is 19.2 Å². The number of nitrogens with zero attached hydrogens (tertiary/aromatic N) is 3. The minimum atomic E-state index is -0.930. The molecule has 1 saturated heterocycles. The summed E-state index contributed by atoms with van der Waals surface area (Å²) in [7, 11) is 0. The van der Waals surface area contributed by atoms with E-state index in [0.29, 0.717) is 18.0 Å². The molecule has 10 heteroatoms. The van der Waals surface area contributed by atoms with Crippen molar-refractivity contribution in [2.24, 2.45) is 0 Å². The molecular formula is C18H19N3O7. The number of hydrogen-bond donors (Lipinski definition) is 0. The summed E-state index contributed by atoms with van der Waals surface area (Å²) < 4.78 is 4.92. The predicted molar refractivity (Wildman–Crippen MR) is 94.5 cm³/mol. The van der Waals surface area contributed by atoms with Gasteiger partial charge < -0.3 is 9.64 Å². The molecular weight excluding hydrogens is 370 g/mol. The molecule has 0 atom stereocenters. The van der Waals surface area contributed by atoms with E-state index in [1.807, 2.05) is 0 Å². The van der Waals surface area contributed by atoms with Crippen LogP contribution in [-0.4, -0.2) is 64.7 Å². The van der Waals surface area contributed by atoms with E-state index in [2.05, 4.69) is 0 Å². The van der Waals surface area contributed by atoms with Crippen LogP contribution < -0.4 is 0 Å². The highest BCUT2D eigenvalue weighted by Gasteiger charge is 2.42. The summed E-state index contributed by atoms with van der Waals surface area (Å²) in [6.07, 6.45) is 3.89. The minimum absolute atomic E-state index is 0.132. The third-order valence-electron chi connectivity index (χ3n) is 4.78. The molecule has 1 aromatic rings. The van der Waals surface area contributed by atoms with Crippen molar-refractivity contribution in [3.63, 3.8) is 0 Å². The lowest BCUT2D eigenvalue weighted by Gasteiger charge is -2.20. The number of likely N-dealkylation sites (tertiary alicyclic amines) is 1. The van der Waals surface area contributed by atoms with E-state index < -0.39 is 41.5 Å². The molecule has 3 rings (SSSR count). The second kappa shape index (κ2) is 8.15. The lowest BCUT2D eigenvalue weighted by Crippen LogP contribution is -2.39. The molecule has 0 N–H and O–H groups in total. The Hall–Kier alpha value is -3.30. The number of fused-ring (bicyclic) bond motifs is 1. The molecule has 0 saturated carbocycles. The van der Waals surface area contributed by atoms with Crippen molar-refractivity contribution < 1.29 is 28.8 Å². The maximum absolute atomic E-state index is 12.4. The zero-order valence-electron chi connectivity index (χ0n) is 15.1. The molecule has 2 aliphatic heterocycles. The van der Waals surface area contributed by atoms with Crippen molar-refractivity contribution in [3.05, 3.63) is 39.4 Å². The quantitative estimate of drug-likeness (QED) is 0.320. The Kier molecular flexibility index (Phi) is 5.67. The van der Waals surface area contributed by atoms with Crippen molar-refractivity contribution in [1.82, 2.24) is 9.80 Å². The summed E-state index contributed by atoms with van der Waals surface area (Å²) in [5.41, 5.74) is -0.971. The number of esters is 1. The predicted octanol–water partition coefficient (Wildman–Crippen LogP) is 1.14. The van der Waals surface area contributed by atoms with Gasteiger partial charge in [-0.2, -0.15) is 0 Å². The van der Waals surface area contributed by atoms with Crippen LogP contribution in [0.25, 0.3) is 0 Å².